The van der Waals surface area contributed by atoms with Gasteiger partial charge in [0, 0.05) is 24.7 Å². The number of hydrogen-bond donors (Lipinski definition) is 1. The minimum atomic E-state index is -0.596. The first-order valence-corrected chi connectivity index (χ1v) is 10.4. The van der Waals surface area contributed by atoms with E-state index in [1.807, 2.05) is 37.3 Å². The lowest BCUT2D eigenvalue weighted by molar-refractivity contribution is -0.126. The van der Waals surface area contributed by atoms with Gasteiger partial charge in [0.05, 0.1) is 6.61 Å². The molecule has 0 saturated carbocycles. The van der Waals surface area contributed by atoms with E-state index in [4.69, 9.17) is 4.74 Å². The highest BCUT2D eigenvalue weighted by Gasteiger charge is 2.37. The molecule has 0 fully saturated rings. The van der Waals surface area contributed by atoms with Crippen LogP contribution in [-0.2, 0) is 16.0 Å². The molecule has 0 aliphatic carbocycles. The molecule has 1 unspecified atom stereocenters. The Kier molecular flexibility index (Phi) is 6.91. The summed E-state index contributed by atoms with van der Waals surface area (Å²) in [6.07, 6.45) is 3.92. The molecular formula is C24H30N2O3. The molecule has 2 aromatic rings. The molecule has 1 N–H and O–H groups in total. The van der Waals surface area contributed by atoms with E-state index in [1.165, 1.54) is 12.5 Å². The van der Waals surface area contributed by atoms with Crippen molar-refractivity contribution in [1.82, 2.24) is 5.32 Å². The van der Waals surface area contributed by atoms with Crippen molar-refractivity contribution in [3.63, 3.8) is 0 Å². The van der Waals surface area contributed by atoms with E-state index in [2.05, 4.69) is 24.4 Å². The molecule has 29 heavy (non-hydrogen) atoms. The van der Waals surface area contributed by atoms with Gasteiger partial charge in [-0.3, -0.25) is 9.59 Å². The topological polar surface area (TPSA) is 58.6 Å². The van der Waals surface area contributed by atoms with Crippen molar-refractivity contribution in [3.8, 4) is 5.75 Å². The molecule has 2 amide bonds. The second-order valence-electron chi connectivity index (χ2n) is 7.64. The number of anilines is 1. The predicted molar refractivity (Wildman–Crippen MR) is 115 cm³/mol. The fourth-order valence-corrected chi connectivity index (χ4v) is 3.72. The van der Waals surface area contributed by atoms with Crippen LogP contribution in [0.15, 0.2) is 42.5 Å². The van der Waals surface area contributed by atoms with Crippen LogP contribution in [0.1, 0.15) is 55.8 Å². The first kappa shape index (κ1) is 20.9. The van der Waals surface area contributed by atoms with E-state index in [0.29, 0.717) is 19.6 Å². The van der Waals surface area contributed by atoms with Gasteiger partial charge in [-0.25, -0.2) is 0 Å². The minimum Gasteiger partial charge on any atom is -0.494 e. The minimum absolute atomic E-state index is 0.0709. The summed E-state index contributed by atoms with van der Waals surface area (Å²) in [7, 11) is 0. The number of nitrogens with zero attached hydrogens (tertiary/aromatic N) is 1. The summed E-state index contributed by atoms with van der Waals surface area (Å²) in [6.45, 7) is 6.73. The lowest BCUT2D eigenvalue weighted by Crippen LogP contribution is -2.37. The highest BCUT2D eigenvalue weighted by atomic mass is 16.5. The number of nitrogens with one attached hydrogen (secondary N) is 1. The first-order chi connectivity index (χ1) is 14.0. The third-order valence-corrected chi connectivity index (χ3v) is 5.16. The van der Waals surface area contributed by atoms with Crippen LogP contribution in [0.25, 0.3) is 0 Å². The normalized spacial score (nSPS) is 15.3. The summed E-state index contributed by atoms with van der Waals surface area (Å²) < 4.78 is 5.82. The molecule has 1 aliphatic rings. The summed E-state index contributed by atoms with van der Waals surface area (Å²) in [5, 5.41) is 2.82. The van der Waals surface area contributed by atoms with E-state index in [-0.39, 0.29) is 11.8 Å². The molecule has 3 rings (SSSR count). The molecule has 0 spiro atoms. The molecule has 1 atom stereocenters. The van der Waals surface area contributed by atoms with Gasteiger partial charge in [0.25, 0.3) is 5.91 Å². The summed E-state index contributed by atoms with van der Waals surface area (Å²) in [5.74, 6) is 0.575. The average Bonchev–Trinajstić information content (AvgIpc) is 2.94. The van der Waals surface area contributed by atoms with Crippen LogP contribution in [0.2, 0.25) is 0 Å². The second-order valence-corrected chi connectivity index (χ2v) is 7.64. The summed E-state index contributed by atoms with van der Waals surface area (Å²) in [6, 6.07) is 13.5. The molecule has 0 radical (unpaired) electrons. The largest absolute Gasteiger partial charge is 0.494 e. The third-order valence-electron chi connectivity index (χ3n) is 5.16. The Balaban J connectivity index is 1.68. The predicted octanol–water partition coefficient (Wildman–Crippen LogP) is 4.33. The van der Waals surface area contributed by atoms with Gasteiger partial charge in [0.15, 0.2) is 0 Å². The van der Waals surface area contributed by atoms with Gasteiger partial charge in [-0.2, -0.15) is 0 Å². The van der Waals surface area contributed by atoms with E-state index >= 15 is 0 Å². The smallest absolute Gasteiger partial charge is 0.254 e. The molecular weight excluding hydrogens is 364 g/mol. The summed E-state index contributed by atoms with van der Waals surface area (Å²) in [4.78, 5) is 26.4. The number of carbonyl (C=O) groups excluding carboxylic acids is 2. The number of amides is 2. The lowest BCUT2D eigenvalue weighted by Gasteiger charge is -2.18. The van der Waals surface area contributed by atoms with Crippen molar-refractivity contribution in [2.75, 3.05) is 18.1 Å². The molecule has 0 saturated heterocycles. The average molecular weight is 395 g/mol. The maximum atomic E-state index is 13.0. The Morgan fingerprint density at radius 1 is 1.17 bits per heavy atom. The fraction of sp³-hybridized carbons (Fsp3) is 0.417. The molecule has 154 valence electrons. The zero-order valence-corrected chi connectivity index (χ0v) is 17.5. The van der Waals surface area contributed by atoms with Gasteiger partial charge in [-0.1, -0.05) is 37.6 Å². The summed E-state index contributed by atoms with van der Waals surface area (Å²) in [5.41, 5.74) is 4.16. The Morgan fingerprint density at radius 3 is 2.72 bits per heavy atom. The second kappa shape index (κ2) is 9.59. The van der Waals surface area contributed by atoms with Crippen molar-refractivity contribution in [2.24, 2.45) is 0 Å². The first-order valence-electron chi connectivity index (χ1n) is 10.4. The number of ether oxygens (including phenoxy) is 1. The Bertz CT molecular complexity index is 878. The molecule has 1 heterocycles. The van der Waals surface area contributed by atoms with Gasteiger partial charge in [0.1, 0.15) is 11.8 Å². The number of carbonyl (C=O) groups is 2. The van der Waals surface area contributed by atoms with E-state index < -0.39 is 6.04 Å². The van der Waals surface area contributed by atoms with E-state index in [0.717, 1.165) is 41.8 Å². The van der Waals surface area contributed by atoms with Gasteiger partial charge in [-0.05, 0) is 55.5 Å². The number of aryl methyl sites for hydroxylation is 2. The molecule has 0 aromatic heterocycles. The van der Waals surface area contributed by atoms with Crippen molar-refractivity contribution in [3.05, 3.63) is 59.2 Å². The quantitative estimate of drug-likeness (QED) is 0.644. The maximum Gasteiger partial charge on any atom is 0.254 e. The zero-order chi connectivity index (χ0) is 20.8. The van der Waals surface area contributed by atoms with Crippen LogP contribution in [0.3, 0.4) is 0 Å². The van der Waals surface area contributed by atoms with Crippen molar-refractivity contribution in [2.45, 2.75) is 52.5 Å². The van der Waals surface area contributed by atoms with Crippen LogP contribution in [-0.4, -0.2) is 25.0 Å². The number of unbranched alkanes of at least 4 members (excludes halogenated alkanes) is 1. The maximum absolute atomic E-state index is 13.0. The number of hydrogen-bond acceptors (Lipinski definition) is 3. The van der Waals surface area contributed by atoms with Gasteiger partial charge >= 0.3 is 0 Å². The highest BCUT2D eigenvalue weighted by molar-refractivity contribution is 6.06. The SMILES string of the molecule is CCCCc1ccc2c(c1)C(NC(C)=O)C(=O)N2CCCOc1cccc(C)c1. The number of fused-ring (bicyclic) bond motifs is 1. The zero-order valence-electron chi connectivity index (χ0n) is 17.5. The highest BCUT2D eigenvalue weighted by Crippen LogP contribution is 2.37. The van der Waals surface area contributed by atoms with Crippen LogP contribution >= 0.6 is 0 Å². The molecule has 5 heteroatoms. The van der Waals surface area contributed by atoms with Crippen LogP contribution in [0.5, 0.6) is 5.75 Å². The number of rotatable bonds is 9. The lowest BCUT2D eigenvalue weighted by atomic mass is 10.0. The van der Waals surface area contributed by atoms with Gasteiger partial charge < -0.3 is 15.0 Å². The standard InChI is InChI=1S/C24H30N2O3/c1-4-5-9-19-11-12-22-21(16-19)23(25-18(3)27)24(28)26(22)13-7-14-29-20-10-6-8-17(2)15-20/h6,8,10-12,15-16,23H,4-5,7,9,13-14H2,1-3H3,(H,25,27). The molecule has 5 nitrogen and oxygen atoms in total. The van der Waals surface area contributed by atoms with Crippen molar-refractivity contribution >= 4 is 17.5 Å². The molecule has 2 aromatic carbocycles. The Morgan fingerprint density at radius 2 is 2.00 bits per heavy atom. The molecule has 1 aliphatic heterocycles. The van der Waals surface area contributed by atoms with Crippen LogP contribution in [0.4, 0.5) is 5.69 Å². The van der Waals surface area contributed by atoms with Crippen LogP contribution < -0.4 is 15.0 Å². The molecule has 0 bridgehead atoms. The van der Waals surface area contributed by atoms with Crippen molar-refractivity contribution < 1.29 is 14.3 Å². The summed E-state index contributed by atoms with van der Waals surface area (Å²) >= 11 is 0. The fourth-order valence-electron chi connectivity index (χ4n) is 3.72. The monoisotopic (exact) mass is 394 g/mol. The number of benzene rings is 2. The Hall–Kier alpha value is -2.82. The van der Waals surface area contributed by atoms with Crippen molar-refractivity contribution in [1.29, 1.82) is 0 Å². The van der Waals surface area contributed by atoms with Gasteiger partial charge in [0.2, 0.25) is 5.91 Å². The third kappa shape index (κ3) is 5.17. The van der Waals surface area contributed by atoms with E-state index in [9.17, 15) is 9.59 Å². The van der Waals surface area contributed by atoms with Gasteiger partial charge in [-0.15, -0.1) is 0 Å². The van der Waals surface area contributed by atoms with Crippen LogP contribution in [0, 0.1) is 6.92 Å². The van der Waals surface area contributed by atoms with E-state index in [1.54, 1.807) is 4.90 Å². The Labute approximate surface area is 173 Å².